The van der Waals surface area contributed by atoms with Crippen LogP contribution in [-0.4, -0.2) is 131 Å². The molecule has 2 atom stereocenters. The zero-order chi connectivity index (χ0) is 47.6. The molecule has 0 aliphatic carbocycles. The monoisotopic (exact) mass is 900 g/mol. The number of unbranched alkanes of at least 4 members (excludes halogenated alkanes) is 1. The molecule has 5 rings (SSSR count). The van der Waals surface area contributed by atoms with Crippen LogP contribution in [0.1, 0.15) is 90.6 Å². The van der Waals surface area contributed by atoms with Gasteiger partial charge in [-0.25, -0.2) is 4.98 Å². The van der Waals surface area contributed by atoms with Crippen LogP contribution < -0.4 is 31.9 Å². The van der Waals surface area contributed by atoms with E-state index in [1.807, 2.05) is 11.9 Å². The summed E-state index contributed by atoms with van der Waals surface area (Å²) >= 11 is 0. The van der Waals surface area contributed by atoms with Crippen LogP contribution in [0.4, 0.5) is 23.1 Å². The molecule has 0 saturated carbocycles. The lowest BCUT2D eigenvalue weighted by molar-refractivity contribution is -0.136. The molecule has 3 heterocycles. The first-order chi connectivity index (χ1) is 31.8. The van der Waals surface area contributed by atoms with Crippen molar-refractivity contribution in [3.05, 3.63) is 83.1 Å². The minimum absolute atomic E-state index is 0.0257. The van der Waals surface area contributed by atoms with E-state index in [4.69, 9.17) is 5.26 Å². The number of amides is 7. The van der Waals surface area contributed by atoms with E-state index in [9.17, 15) is 33.6 Å². The van der Waals surface area contributed by atoms with Crippen molar-refractivity contribution < 1.29 is 33.6 Å². The number of likely N-dealkylation sites (N-methyl/N-ethyl adjacent to an activating group) is 2. The number of rotatable bonds is 22. The number of piperidine rings is 1. The molecule has 66 heavy (non-hydrogen) atoms. The van der Waals surface area contributed by atoms with Gasteiger partial charge in [0.25, 0.3) is 11.8 Å². The lowest BCUT2D eigenvalue weighted by atomic mass is 10.0. The quantitative estimate of drug-likeness (QED) is 0.0368. The fourth-order valence-corrected chi connectivity index (χ4v) is 6.91. The van der Waals surface area contributed by atoms with Gasteiger partial charge in [-0.15, -0.1) is 0 Å². The van der Waals surface area contributed by atoms with Crippen molar-refractivity contribution in [2.24, 2.45) is 0 Å². The molecule has 2 aromatic carbocycles. The highest BCUT2D eigenvalue weighted by Gasteiger charge is 2.45. The van der Waals surface area contributed by atoms with Gasteiger partial charge in [0.2, 0.25) is 35.5 Å². The third kappa shape index (κ3) is 13.7. The number of fused-ring (bicyclic) bond motifs is 1. The molecule has 7 amide bonds. The second-order valence-electron chi connectivity index (χ2n) is 15.7. The van der Waals surface area contributed by atoms with E-state index >= 15 is 0 Å². The van der Waals surface area contributed by atoms with Crippen molar-refractivity contribution in [1.29, 1.82) is 5.26 Å². The third-order valence-electron chi connectivity index (χ3n) is 10.8. The number of nitriles is 1. The Balaban J connectivity index is 0.943. The number of anilines is 4. The van der Waals surface area contributed by atoms with Gasteiger partial charge in [-0.05, 0) is 82.6 Å². The summed E-state index contributed by atoms with van der Waals surface area (Å²) in [5.41, 5.74) is 2.62. The molecule has 0 bridgehead atoms. The van der Waals surface area contributed by atoms with Crippen LogP contribution in [0, 0.1) is 23.2 Å². The molecule has 3 aromatic rings. The maximum absolute atomic E-state index is 13.3. The summed E-state index contributed by atoms with van der Waals surface area (Å²) < 4.78 is 0. The molecular formula is C47H56N12O7. The molecule has 2 aliphatic heterocycles. The molecule has 2 aliphatic rings. The molecule has 1 fully saturated rings. The van der Waals surface area contributed by atoms with Gasteiger partial charge in [-0.1, -0.05) is 30.9 Å². The normalized spacial score (nSPS) is 14.7. The number of imide groups is 2. The second kappa shape index (κ2) is 24.4. The van der Waals surface area contributed by atoms with Crippen LogP contribution in [-0.2, 0) is 24.0 Å². The van der Waals surface area contributed by atoms with Gasteiger partial charge in [-0.3, -0.25) is 43.8 Å². The Morgan fingerprint density at radius 3 is 2.50 bits per heavy atom. The maximum Gasteiger partial charge on any atom is 0.264 e. The van der Waals surface area contributed by atoms with Gasteiger partial charge in [0.1, 0.15) is 17.9 Å². The fraction of sp³-hybridized carbons (Fsp3) is 0.404. The van der Waals surface area contributed by atoms with Crippen LogP contribution in [0.2, 0.25) is 0 Å². The Bertz CT molecular complexity index is 2420. The number of carbonyl (C=O) groups is 7. The van der Waals surface area contributed by atoms with E-state index in [2.05, 4.69) is 66.7 Å². The van der Waals surface area contributed by atoms with Crippen LogP contribution in [0.5, 0.6) is 0 Å². The highest BCUT2D eigenvalue weighted by molar-refractivity contribution is 6.25. The summed E-state index contributed by atoms with van der Waals surface area (Å²) in [6.45, 7) is 6.54. The van der Waals surface area contributed by atoms with Gasteiger partial charge in [0, 0.05) is 76.5 Å². The SMILES string of the molecule is CCCNc1nc(Nc2ccc(C#N)cc2)ncc1C#CCCCNC(=O)[C@H](C)N(C)C(=O)/C=C/CN(C)CCCNC(=O)CCNc1cccc2c1C(=O)N(C1CCC(=O)NC1=O)C2=O. The van der Waals surface area contributed by atoms with Crippen LogP contribution in [0.25, 0.3) is 0 Å². The van der Waals surface area contributed by atoms with E-state index < -0.39 is 35.7 Å². The number of benzene rings is 2. The average molecular weight is 901 g/mol. The van der Waals surface area contributed by atoms with Crippen molar-refractivity contribution in [2.45, 2.75) is 70.9 Å². The highest BCUT2D eigenvalue weighted by Crippen LogP contribution is 2.32. The molecule has 19 nitrogen and oxygen atoms in total. The Morgan fingerprint density at radius 2 is 1.76 bits per heavy atom. The second-order valence-corrected chi connectivity index (χ2v) is 15.7. The van der Waals surface area contributed by atoms with Gasteiger partial charge < -0.3 is 36.4 Å². The fourth-order valence-electron chi connectivity index (χ4n) is 6.91. The van der Waals surface area contributed by atoms with E-state index in [-0.39, 0.29) is 54.7 Å². The molecule has 1 aromatic heterocycles. The lowest BCUT2D eigenvalue weighted by Crippen LogP contribution is -2.54. The van der Waals surface area contributed by atoms with E-state index in [0.29, 0.717) is 80.6 Å². The van der Waals surface area contributed by atoms with E-state index in [1.54, 1.807) is 62.6 Å². The Hall–Kier alpha value is -7.64. The molecule has 19 heteroatoms. The largest absolute Gasteiger partial charge is 0.384 e. The van der Waals surface area contributed by atoms with Crippen LogP contribution in [0.15, 0.2) is 60.8 Å². The molecule has 1 unspecified atom stereocenters. The van der Waals surface area contributed by atoms with Crippen molar-refractivity contribution in [3.63, 3.8) is 0 Å². The van der Waals surface area contributed by atoms with Crippen molar-refractivity contribution >= 4 is 64.5 Å². The van der Waals surface area contributed by atoms with Crippen molar-refractivity contribution in [2.75, 3.05) is 69.3 Å². The molecule has 1 saturated heterocycles. The van der Waals surface area contributed by atoms with Gasteiger partial charge in [0.05, 0.1) is 34.5 Å². The Morgan fingerprint density at radius 1 is 0.985 bits per heavy atom. The summed E-state index contributed by atoms with van der Waals surface area (Å²) in [5.74, 6) is 4.09. The van der Waals surface area contributed by atoms with Gasteiger partial charge in [0.15, 0.2) is 0 Å². The van der Waals surface area contributed by atoms with Crippen molar-refractivity contribution in [3.8, 4) is 17.9 Å². The predicted octanol–water partition coefficient (Wildman–Crippen LogP) is 2.91. The standard InChI is InChI=1S/C47H56N12O7/c1-5-23-51-42-33(30-53-47(56-42)54-34-18-16-32(29-48)17-19-34)12-7-6-8-24-52-43(63)31(2)58(4)40(62)15-10-27-57(3)28-11-25-50-38(60)22-26-49-36-14-9-13-35-41(36)46(66)59(45(35)65)37-20-21-39(61)55-44(37)64/h9-10,13-19,30-31,37,49H,5-6,8,11,20-28H2,1-4H3,(H,50,60)(H,52,63)(H,55,61,64)(H2,51,53,54,56)/b15-10+/t31-,37?/m0/s1. The van der Waals surface area contributed by atoms with Crippen LogP contribution in [0.3, 0.4) is 0 Å². The minimum Gasteiger partial charge on any atom is -0.384 e. The predicted molar refractivity (Wildman–Crippen MR) is 247 cm³/mol. The number of nitrogens with zero attached hydrogens (tertiary/aromatic N) is 6. The van der Waals surface area contributed by atoms with E-state index in [0.717, 1.165) is 17.0 Å². The number of nitrogens with one attached hydrogen (secondary N) is 6. The minimum atomic E-state index is -1.07. The smallest absolute Gasteiger partial charge is 0.264 e. The summed E-state index contributed by atoms with van der Waals surface area (Å²) in [6.07, 6.45) is 7.67. The molecule has 0 radical (unpaired) electrons. The first-order valence-electron chi connectivity index (χ1n) is 21.9. The number of aromatic nitrogens is 2. The first-order valence-corrected chi connectivity index (χ1v) is 21.9. The number of hydrogen-bond acceptors (Lipinski definition) is 14. The Kier molecular flexibility index (Phi) is 18.3. The zero-order valence-electron chi connectivity index (χ0n) is 37.7. The average Bonchev–Trinajstić information content (AvgIpc) is 3.56. The molecule has 346 valence electrons. The summed E-state index contributed by atoms with van der Waals surface area (Å²) in [7, 11) is 3.47. The van der Waals surface area contributed by atoms with Gasteiger partial charge in [-0.2, -0.15) is 10.2 Å². The van der Waals surface area contributed by atoms with Gasteiger partial charge >= 0.3 is 0 Å². The summed E-state index contributed by atoms with van der Waals surface area (Å²) in [5, 5.41) is 26.5. The summed E-state index contributed by atoms with van der Waals surface area (Å²) in [6, 6.07) is 12.1. The Labute approximate surface area is 384 Å². The summed E-state index contributed by atoms with van der Waals surface area (Å²) in [4.78, 5) is 102. The topological polar surface area (TPSA) is 251 Å². The molecule has 6 N–H and O–H groups in total. The zero-order valence-corrected chi connectivity index (χ0v) is 37.7. The molecular weight excluding hydrogens is 845 g/mol. The first kappa shape index (κ1) is 49.4. The molecule has 0 spiro atoms. The highest BCUT2D eigenvalue weighted by atomic mass is 16.2. The van der Waals surface area contributed by atoms with Crippen LogP contribution >= 0.6 is 0 Å². The maximum atomic E-state index is 13.3. The van der Waals surface area contributed by atoms with Crippen molar-refractivity contribution in [1.82, 2.24) is 40.6 Å². The lowest BCUT2D eigenvalue weighted by Gasteiger charge is -2.27. The van der Waals surface area contributed by atoms with E-state index in [1.165, 1.54) is 17.0 Å². The third-order valence-corrected chi connectivity index (χ3v) is 10.8. The number of hydrogen-bond donors (Lipinski definition) is 6. The number of carbonyl (C=O) groups excluding carboxylic acids is 7.